The van der Waals surface area contributed by atoms with Crippen LogP contribution in [0.25, 0.3) is 0 Å². The van der Waals surface area contributed by atoms with Crippen LogP contribution in [0.3, 0.4) is 0 Å². The van der Waals surface area contributed by atoms with Gasteiger partial charge in [0.05, 0.1) is 18.6 Å². The van der Waals surface area contributed by atoms with Gasteiger partial charge in [0.15, 0.2) is 0 Å². The molecule has 1 fully saturated rings. The second kappa shape index (κ2) is 8.13. The van der Waals surface area contributed by atoms with Crippen molar-refractivity contribution in [2.24, 2.45) is 11.8 Å². The van der Waals surface area contributed by atoms with Crippen LogP contribution in [0.4, 0.5) is 0 Å². The van der Waals surface area contributed by atoms with E-state index in [0.29, 0.717) is 31.6 Å². The van der Waals surface area contributed by atoms with Gasteiger partial charge in [0.25, 0.3) is 0 Å². The van der Waals surface area contributed by atoms with E-state index in [1.165, 1.54) is 0 Å². The number of rotatable bonds is 7. The third kappa shape index (κ3) is 5.30. The van der Waals surface area contributed by atoms with Gasteiger partial charge in [-0.3, -0.25) is 4.79 Å². The first-order valence-electron chi connectivity index (χ1n) is 8.01. The molecule has 2 rings (SSSR count). The first-order chi connectivity index (χ1) is 10.5. The van der Waals surface area contributed by atoms with E-state index in [9.17, 15) is 4.79 Å². The zero-order valence-corrected chi connectivity index (χ0v) is 13.7. The van der Waals surface area contributed by atoms with E-state index >= 15 is 0 Å². The standard InChI is InChI=1S/C17H26N2O3/c1-12(2)8-13(3)22-16-9-14(4-6-18-16)10-19-17(20)15-5-7-21-11-15/h4,6,9,12-13,15H,5,7-8,10-11H2,1-3H3,(H,19,20)/t13-,15-/m0/s1. The van der Waals surface area contributed by atoms with Crippen molar-refractivity contribution in [1.29, 1.82) is 0 Å². The van der Waals surface area contributed by atoms with Gasteiger partial charge >= 0.3 is 0 Å². The third-order valence-electron chi connectivity index (χ3n) is 3.69. The van der Waals surface area contributed by atoms with Crippen LogP contribution < -0.4 is 10.1 Å². The molecule has 5 heteroatoms. The Kier molecular flexibility index (Phi) is 6.19. The summed E-state index contributed by atoms with van der Waals surface area (Å²) in [6.45, 7) is 8.10. The highest BCUT2D eigenvalue weighted by Crippen LogP contribution is 2.16. The summed E-state index contributed by atoms with van der Waals surface area (Å²) in [5.41, 5.74) is 0.994. The minimum atomic E-state index is -0.0105. The number of carbonyl (C=O) groups excluding carboxylic acids is 1. The summed E-state index contributed by atoms with van der Waals surface area (Å²) >= 11 is 0. The number of pyridine rings is 1. The van der Waals surface area contributed by atoms with E-state index < -0.39 is 0 Å². The zero-order chi connectivity index (χ0) is 15.9. The van der Waals surface area contributed by atoms with Gasteiger partial charge in [-0.15, -0.1) is 0 Å². The van der Waals surface area contributed by atoms with E-state index in [-0.39, 0.29) is 17.9 Å². The van der Waals surface area contributed by atoms with Crippen molar-refractivity contribution in [3.63, 3.8) is 0 Å². The van der Waals surface area contributed by atoms with Gasteiger partial charge in [-0.1, -0.05) is 13.8 Å². The van der Waals surface area contributed by atoms with Gasteiger partial charge in [-0.2, -0.15) is 0 Å². The fourth-order valence-corrected chi connectivity index (χ4v) is 2.62. The number of nitrogens with zero attached hydrogens (tertiary/aromatic N) is 1. The first kappa shape index (κ1) is 16.7. The maximum atomic E-state index is 12.0. The molecular weight excluding hydrogens is 280 g/mol. The Balaban J connectivity index is 1.84. The lowest BCUT2D eigenvalue weighted by molar-refractivity contribution is -0.125. The van der Waals surface area contributed by atoms with Gasteiger partial charge < -0.3 is 14.8 Å². The molecule has 0 saturated carbocycles. The molecule has 122 valence electrons. The number of amides is 1. The lowest BCUT2D eigenvalue weighted by Crippen LogP contribution is -2.30. The maximum Gasteiger partial charge on any atom is 0.225 e. The second-order valence-corrected chi connectivity index (χ2v) is 6.34. The molecule has 1 aromatic heterocycles. The molecule has 22 heavy (non-hydrogen) atoms. The van der Waals surface area contributed by atoms with Crippen molar-refractivity contribution in [1.82, 2.24) is 10.3 Å². The van der Waals surface area contributed by atoms with Gasteiger partial charge in [0.2, 0.25) is 11.8 Å². The topological polar surface area (TPSA) is 60.5 Å². The Bertz CT molecular complexity index is 485. The lowest BCUT2D eigenvalue weighted by atomic mass is 10.1. The van der Waals surface area contributed by atoms with Gasteiger partial charge in [0.1, 0.15) is 0 Å². The number of ether oxygens (including phenoxy) is 2. The van der Waals surface area contributed by atoms with Crippen molar-refractivity contribution < 1.29 is 14.3 Å². The summed E-state index contributed by atoms with van der Waals surface area (Å²) in [5, 5.41) is 2.95. The van der Waals surface area contributed by atoms with Crippen molar-refractivity contribution in [3.8, 4) is 5.88 Å². The van der Waals surface area contributed by atoms with Crippen LogP contribution in [0, 0.1) is 11.8 Å². The minimum absolute atomic E-state index is 0.0105. The largest absolute Gasteiger partial charge is 0.475 e. The van der Waals surface area contributed by atoms with Crippen LogP contribution >= 0.6 is 0 Å². The van der Waals surface area contributed by atoms with E-state index in [0.717, 1.165) is 18.4 Å². The average Bonchev–Trinajstić information content (AvgIpc) is 2.98. The predicted octanol–water partition coefficient (Wildman–Crippen LogP) is 2.55. The minimum Gasteiger partial charge on any atom is -0.475 e. The van der Waals surface area contributed by atoms with E-state index in [4.69, 9.17) is 9.47 Å². The molecule has 0 bridgehead atoms. The highest BCUT2D eigenvalue weighted by atomic mass is 16.5. The highest BCUT2D eigenvalue weighted by Gasteiger charge is 2.23. The van der Waals surface area contributed by atoms with E-state index in [2.05, 4.69) is 31.1 Å². The van der Waals surface area contributed by atoms with Crippen molar-refractivity contribution in [2.75, 3.05) is 13.2 Å². The number of hydrogen-bond donors (Lipinski definition) is 1. The molecule has 1 amide bonds. The number of nitrogens with one attached hydrogen (secondary N) is 1. The first-order valence-corrected chi connectivity index (χ1v) is 8.01. The molecular formula is C17H26N2O3. The molecule has 1 aromatic rings. The molecule has 1 N–H and O–H groups in total. The molecule has 1 aliphatic rings. The normalized spacial score (nSPS) is 19.2. The summed E-state index contributed by atoms with van der Waals surface area (Å²) in [6, 6.07) is 3.79. The Labute approximate surface area is 132 Å². The average molecular weight is 306 g/mol. The van der Waals surface area contributed by atoms with Crippen LogP contribution in [0.5, 0.6) is 5.88 Å². The van der Waals surface area contributed by atoms with Crippen LogP contribution in [-0.4, -0.2) is 30.2 Å². The van der Waals surface area contributed by atoms with Gasteiger partial charge in [-0.25, -0.2) is 4.98 Å². The molecule has 1 aliphatic heterocycles. The van der Waals surface area contributed by atoms with Crippen LogP contribution in [-0.2, 0) is 16.1 Å². The fraction of sp³-hybridized carbons (Fsp3) is 0.647. The third-order valence-corrected chi connectivity index (χ3v) is 3.69. The van der Waals surface area contributed by atoms with Crippen LogP contribution in [0.1, 0.15) is 39.2 Å². The summed E-state index contributed by atoms with van der Waals surface area (Å²) in [7, 11) is 0. The Morgan fingerprint density at radius 2 is 2.32 bits per heavy atom. The molecule has 0 radical (unpaired) electrons. The van der Waals surface area contributed by atoms with Crippen molar-refractivity contribution in [2.45, 2.75) is 46.3 Å². The molecule has 0 spiro atoms. The highest BCUT2D eigenvalue weighted by molar-refractivity contribution is 5.78. The predicted molar refractivity (Wildman–Crippen MR) is 84.6 cm³/mol. The van der Waals surface area contributed by atoms with Crippen LogP contribution in [0.15, 0.2) is 18.3 Å². The van der Waals surface area contributed by atoms with E-state index in [1.807, 2.05) is 12.1 Å². The Hall–Kier alpha value is -1.62. The summed E-state index contributed by atoms with van der Waals surface area (Å²) in [6.07, 6.45) is 3.65. The molecule has 2 heterocycles. The smallest absolute Gasteiger partial charge is 0.225 e. The molecule has 2 atom stereocenters. The summed E-state index contributed by atoms with van der Waals surface area (Å²) < 4.78 is 11.1. The number of hydrogen-bond acceptors (Lipinski definition) is 4. The number of carbonyl (C=O) groups is 1. The van der Waals surface area contributed by atoms with Gasteiger partial charge in [0, 0.05) is 25.4 Å². The maximum absolute atomic E-state index is 12.0. The summed E-state index contributed by atoms with van der Waals surface area (Å²) in [5.74, 6) is 1.25. The molecule has 5 nitrogen and oxygen atoms in total. The monoisotopic (exact) mass is 306 g/mol. The zero-order valence-electron chi connectivity index (χ0n) is 13.7. The molecule has 0 aliphatic carbocycles. The molecule has 0 unspecified atom stereocenters. The van der Waals surface area contributed by atoms with Crippen molar-refractivity contribution >= 4 is 5.91 Å². The van der Waals surface area contributed by atoms with Crippen molar-refractivity contribution in [3.05, 3.63) is 23.9 Å². The Morgan fingerprint density at radius 1 is 1.50 bits per heavy atom. The molecule has 0 aromatic carbocycles. The fourth-order valence-electron chi connectivity index (χ4n) is 2.62. The lowest BCUT2D eigenvalue weighted by Gasteiger charge is -2.16. The Morgan fingerprint density at radius 3 is 3.00 bits per heavy atom. The number of aromatic nitrogens is 1. The second-order valence-electron chi connectivity index (χ2n) is 6.34. The SMILES string of the molecule is CC(C)C[C@H](C)Oc1cc(CNC(=O)[C@H]2CCOC2)ccn1. The van der Waals surface area contributed by atoms with Gasteiger partial charge in [-0.05, 0) is 37.3 Å². The summed E-state index contributed by atoms with van der Waals surface area (Å²) in [4.78, 5) is 16.2. The van der Waals surface area contributed by atoms with E-state index in [1.54, 1.807) is 6.20 Å². The quantitative estimate of drug-likeness (QED) is 0.841. The van der Waals surface area contributed by atoms with Crippen LogP contribution in [0.2, 0.25) is 0 Å². The molecule has 1 saturated heterocycles.